The van der Waals surface area contributed by atoms with Crippen LogP contribution in [0, 0.1) is 11.8 Å². The number of carboxylic acid groups (broad SMARTS) is 2. The van der Waals surface area contributed by atoms with Crippen LogP contribution in [0.1, 0.15) is 213 Å². The number of carbonyl (C=O) groups is 14. The number of fused-ring (bicyclic) bond motifs is 23. The molecule has 0 aromatic heterocycles. The number of aliphatic carboxylic acids is 2. The predicted octanol–water partition coefficient (Wildman–Crippen LogP) is 2.11. The van der Waals surface area contributed by atoms with Gasteiger partial charge >= 0.3 is 17.9 Å². The number of nitrogens with zero attached hydrogens (tertiary/aromatic N) is 1. The summed E-state index contributed by atoms with van der Waals surface area (Å²) in [6.45, 7) is 10.5. The lowest BCUT2D eigenvalue weighted by atomic mass is 9.97. The Bertz CT molecular complexity index is 3270. The van der Waals surface area contributed by atoms with Crippen molar-refractivity contribution >= 4 is 82.9 Å². The van der Waals surface area contributed by atoms with Crippen molar-refractivity contribution in [3.63, 3.8) is 0 Å². The molecule has 13 atom stereocenters. The van der Waals surface area contributed by atoms with E-state index in [1.807, 2.05) is 0 Å². The standard InChI is InChI=1S/C75H116N12O20/c1-7-20-56-74(105)87-40-19-24-59(87)72(103)80-54(33-36-60(77)91)69(100)84-57(41-47-25-29-49(89)30-26-47)70(101)85-64(45(5)8-2)75(106)107-51-31-27-48(28-32-51)42-58(71(102)86-65(46(6)88)73(104)81-55(68(99)82-56)35-38-63(95)96)83-66(97)52(23-18-39-76)79-67(98)53(34-37-62(93)94)78-61(92)43-50(90)22-17-15-13-11-9-10-12-14-16-21-44(3)4/h25-32,44-46,50,52-59,64-65,88-90H,7-24,33-43,76H2,1-6H3,(H2,77,91)(H,78,92)(H,79,98)(H,80,103)(H,81,104)(H,82,99)(H,83,97)(H,84,100)(H,85,101)(H,86,102)(H,93,94)(H,95,96)/t45-,46-,50+,52-,53+,54-,55-,56+,57+,58-,59-,64-,65-/m1/s1. The van der Waals surface area contributed by atoms with Crippen LogP contribution >= 0.6 is 0 Å². The summed E-state index contributed by atoms with van der Waals surface area (Å²) in [7, 11) is 0. The summed E-state index contributed by atoms with van der Waals surface area (Å²) in [5, 5.41) is 74.6. The van der Waals surface area contributed by atoms with Crippen LogP contribution in [0.15, 0.2) is 48.5 Å². The third kappa shape index (κ3) is 32.8. The van der Waals surface area contributed by atoms with Gasteiger partial charge in [-0.05, 0) is 118 Å². The average molecular weight is 1510 g/mol. The number of carboxylic acids is 2. The van der Waals surface area contributed by atoms with E-state index in [1.54, 1.807) is 20.8 Å². The van der Waals surface area contributed by atoms with E-state index in [-0.39, 0.29) is 81.5 Å². The molecule has 0 radical (unpaired) electrons. The maximum Gasteiger partial charge on any atom is 0.334 e. The van der Waals surface area contributed by atoms with Gasteiger partial charge in [-0.2, -0.15) is 0 Å². The van der Waals surface area contributed by atoms with Gasteiger partial charge < -0.3 is 94.5 Å². The summed E-state index contributed by atoms with van der Waals surface area (Å²) in [6, 6.07) is -4.78. The molecule has 32 nitrogen and oxygen atoms in total. The molecule has 2 aromatic rings. The minimum absolute atomic E-state index is 0.0224. The number of phenolic OH excluding ortho intramolecular Hbond substituents is 1. The molecule has 0 aliphatic carbocycles. The molecule has 11 amide bonds. The van der Waals surface area contributed by atoms with Crippen molar-refractivity contribution in [2.24, 2.45) is 23.3 Å². The fraction of sp³-hybridized carbons (Fsp3) is 0.653. The number of esters is 1. The van der Waals surface area contributed by atoms with Gasteiger partial charge in [-0.1, -0.05) is 136 Å². The Balaban J connectivity index is 1.77. The summed E-state index contributed by atoms with van der Waals surface area (Å²) >= 11 is 0. The highest BCUT2D eigenvalue weighted by atomic mass is 16.5. The van der Waals surface area contributed by atoms with Gasteiger partial charge in [0.25, 0.3) is 0 Å². The van der Waals surface area contributed by atoms with Crippen LogP contribution in [0.25, 0.3) is 0 Å². The van der Waals surface area contributed by atoms with Crippen molar-refractivity contribution in [2.75, 3.05) is 13.1 Å². The molecule has 2 aromatic carbocycles. The Morgan fingerprint density at radius 3 is 1.71 bits per heavy atom. The molecule has 18 N–H and O–H groups in total. The molecular formula is C75H116N12O20. The first-order chi connectivity index (χ1) is 50.8. The first kappa shape index (κ1) is 90.1. The van der Waals surface area contributed by atoms with E-state index in [2.05, 4.69) is 61.7 Å². The second kappa shape index (κ2) is 47.4. The van der Waals surface area contributed by atoms with Gasteiger partial charge in [0.2, 0.25) is 65.0 Å². The average Bonchev–Trinajstić information content (AvgIpc) is 1.75. The normalized spacial score (nSPS) is 21.7. The van der Waals surface area contributed by atoms with E-state index in [9.17, 15) is 92.7 Å². The second-order valence-electron chi connectivity index (χ2n) is 28.5. The minimum atomic E-state index is -1.98. The van der Waals surface area contributed by atoms with Gasteiger partial charge in [-0.25, -0.2) is 4.79 Å². The molecular weight excluding hydrogens is 1390 g/mol. The van der Waals surface area contributed by atoms with Crippen LogP contribution in [-0.2, 0) is 80.0 Å². The number of unbranched alkanes of at least 4 members (excludes halogenated alkanes) is 8. The second-order valence-corrected chi connectivity index (χ2v) is 28.5. The van der Waals surface area contributed by atoms with Crippen LogP contribution in [-0.4, -0.2) is 199 Å². The number of aliphatic hydroxyl groups excluding tert-OH is 2. The molecule has 107 heavy (non-hydrogen) atoms. The predicted molar refractivity (Wildman–Crippen MR) is 392 cm³/mol. The highest BCUT2D eigenvalue weighted by Gasteiger charge is 2.42. The number of amides is 11. The number of nitrogens with two attached hydrogens (primary N) is 2. The number of phenols is 1. The van der Waals surface area contributed by atoms with E-state index in [0.29, 0.717) is 30.7 Å². The lowest BCUT2D eigenvalue weighted by Crippen LogP contribution is -2.62. The number of hydrogen-bond donors (Lipinski definition) is 16. The zero-order chi connectivity index (χ0) is 79.3. The van der Waals surface area contributed by atoms with Crippen molar-refractivity contribution in [1.82, 2.24) is 52.8 Å². The maximum absolute atomic E-state index is 14.9. The number of rotatable bonds is 38. The van der Waals surface area contributed by atoms with Gasteiger partial charge in [0.1, 0.15) is 71.9 Å². The summed E-state index contributed by atoms with van der Waals surface area (Å²) < 4.78 is 5.84. The van der Waals surface area contributed by atoms with Crippen LogP contribution in [0.5, 0.6) is 11.5 Å². The number of carbonyl (C=O) groups excluding carboxylic acids is 12. The highest BCUT2D eigenvalue weighted by molar-refractivity contribution is 5.99. The number of primary amides is 1. The number of nitrogens with one attached hydrogen (secondary N) is 9. The Morgan fingerprint density at radius 1 is 0.589 bits per heavy atom. The van der Waals surface area contributed by atoms with Crippen LogP contribution in [0.3, 0.4) is 0 Å². The molecule has 2 bridgehead atoms. The van der Waals surface area contributed by atoms with Crippen molar-refractivity contribution < 1.29 is 97.4 Å². The molecule has 3 aliphatic rings. The van der Waals surface area contributed by atoms with E-state index < -0.39 is 206 Å². The summed E-state index contributed by atoms with van der Waals surface area (Å²) in [5.74, 6) is -14.6. The lowest BCUT2D eigenvalue weighted by molar-refractivity contribution is -0.143. The molecule has 32 heteroatoms. The number of hydrogen-bond acceptors (Lipinski definition) is 19. The molecule has 1 fully saturated rings. The van der Waals surface area contributed by atoms with Crippen molar-refractivity contribution in [3.05, 3.63) is 59.7 Å². The topological polar surface area (TPSA) is 513 Å². The van der Waals surface area contributed by atoms with Gasteiger partial charge in [-0.15, -0.1) is 0 Å². The van der Waals surface area contributed by atoms with E-state index in [4.69, 9.17) is 16.2 Å². The van der Waals surface area contributed by atoms with Crippen LogP contribution < -0.4 is 64.1 Å². The zero-order valence-electron chi connectivity index (χ0n) is 62.7. The van der Waals surface area contributed by atoms with Gasteiger partial charge in [0.05, 0.1) is 18.6 Å². The fourth-order valence-electron chi connectivity index (χ4n) is 12.6. The van der Waals surface area contributed by atoms with Crippen LogP contribution in [0.2, 0.25) is 0 Å². The smallest absolute Gasteiger partial charge is 0.334 e. The van der Waals surface area contributed by atoms with Crippen molar-refractivity contribution in [2.45, 2.75) is 288 Å². The first-order valence-corrected chi connectivity index (χ1v) is 37.7. The molecule has 0 spiro atoms. The van der Waals surface area contributed by atoms with Crippen LogP contribution in [0.4, 0.5) is 0 Å². The first-order valence-electron chi connectivity index (χ1n) is 37.7. The van der Waals surface area contributed by atoms with Crippen molar-refractivity contribution in [1.29, 1.82) is 0 Å². The molecule has 3 heterocycles. The fourth-order valence-corrected chi connectivity index (χ4v) is 12.6. The Morgan fingerprint density at radius 2 is 1.14 bits per heavy atom. The van der Waals surface area contributed by atoms with E-state index >= 15 is 0 Å². The molecule has 0 saturated carbocycles. The number of aromatic hydroxyl groups is 1. The Hall–Kier alpha value is -9.30. The summed E-state index contributed by atoms with van der Waals surface area (Å²) in [6.07, 6.45) is 4.29. The largest absolute Gasteiger partial charge is 0.508 e. The molecule has 1 saturated heterocycles. The summed E-state index contributed by atoms with van der Waals surface area (Å²) in [5.41, 5.74) is 12.1. The maximum atomic E-state index is 14.9. The minimum Gasteiger partial charge on any atom is -0.508 e. The third-order valence-electron chi connectivity index (χ3n) is 19.0. The monoisotopic (exact) mass is 1500 g/mol. The molecule has 596 valence electrons. The van der Waals surface area contributed by atoms with Crippen molar-refractivity contribution in [3.8, 4) is 11.5 Å². The van der Waals surface area contributed by atoms with Gasteiger partial charge in [-0.3, -0.25) is 62.3 Å². The zero-order valence-corrected chi connectivity index (χ0v) is 62.7. The third-order valence-corrected chi connectivity index (χ3v) is 19.0. The number of benzene rings is 2. The summed E-state index contributed by atoms with van der Waals surface area (Å²) in [4.78, 5) is 196. The highest BCUT2D eigenvalue weighted by Crippen LogP contribution is 2.24. The quantitative estimate of drug-likeness (QED) is 0.0198. The number of aliphatic hydroxyl groups is 2. The SMILES string of the molecule is CCC[C@@H]1NC(=O)[C@@H](CCC(=O)O)NC(=O)[C@@H]([C@@H](C)O)NC(=O)[C@H](NC(=O)[C@@H](CCCN)NC(=O)[C@H](CCC(=O)O)NC(=O)C[C@@H](O)CCCCCCCCCCCC(C)C)Cc2ccc(cc2)OC(=O)[C@@H]([C@H](C)CC)NC(=O)[C@H](Cc2ccc(O)cc2)NC(=O)[C@@H](CCC(N)=O)NC(=O)[C@H]2CCCN2C1=O. The molecule has 0 unspecified atom stereocenters. The van der Waals surface area contributed by atoms with E-state index in [1.165, 1.54) is 79.1 Å². The Labute approximate surface area is 625 Å². The number of ether oxygens (including phenoxy) is 1. The Kier molecular flexibility index (Phi) is 39.9. The van der Waals surface area contributed by atoms with Gasteiger partial charge in [0.15, 0.2) is 0 Å². The van der Waals surface area contributed by atoms with Gasteiger partial charge in [0, 0.05) is 38.6 Å². The molecule has 3 aliphatic heterocycles. The van der Waals surface area contributed by atoms with E-state index in [0.717, 1.165) is 39.0 Å². The lowest BCUT2D eigenvalue weighted by Gasteiger charge is -2.31. The molecule has 5 rings (SSSR count).